The maximum atomic E-state index is 4.55. The number of anilines is 1. The van der Waals surface area contributed by atoms with Gasteiger partial charge in [0.25, 0.3) is 0 Å². The summed E-state index contributed by atoms with van der Waals surface area (Å²) in [5.74, 6) is 1.07. The molecule has 0 bridgehead atoms. The quantitative estimate of drug-likeness (QED) is 0.834. The highest BCUT2D eigenvalue weighted by molar-refractivity contribution is 5.80. The molecule has 0 unspecified atom stereocenters. The van der Waals surface area contributed by atoms with Gasteiger partial charge in [-0.2, -0.15) is 0 Å². The van der Waals surface area contributed by atoms with Gasteiger partial charge in [0.05, 0.1) is 11.0 Å². The normalized spacial score (nSPS) is 16.4. The van der Waals surface area contributed by atoms with Crippen LogP contribution in [0.3, 0.4) is 0 Å². The molecule has 0 atom stereocenters. The van der Waals surface area contributed by atoms with Crippen molar-refractivity contribution in [3.8, 4) is 0 Å². The molecular weight excluding hydrogens is 198 g/mol. The van der Waals surface area contributed by atoms with Gasteiger partial charge in [-0.25, -0.2) is 4.98 Å². The molecule has 3 rings (SSSR count). The Hall–Kier alpha value is -1.51. The maximum Gasteiger partial charge on any atom is 0.106 e. The smallest absolute Gasteiger partial charge is 0.106 e. The Morgan fingerprint density at radius 1 is 1.38 bits per heavy atom. The Bertz CT molecular complexity index is 523. The van der Waals surface area contributed by atoms with Gasteiger partial charge < -0.3 is 9.88 Å². The van der Waals surface area contributed by atoms with Gasteiger partial charge >= 0.3 is 0 Å². The van der Waals surface area contributed by atoms with E-state index in [4.69, 9.17) is 0 Å². The fourth-order valence-electron chi connectivity index (χ4n) is 2.20. The second kappa shape index (κ2) is 3.51. The Morgan fingerprint density at radius 3 is 2.88 bits per heavy atom. The minimum absolute atomic E-state index is 0.683. The number of nitrogens with one attached hydrogen (secondary N) is 1. The van der Waals surface area contributed by atoms with Crippen LogP contribution in [0.2, 0.25) is 0 Å². The summed E-state index contributed by atoms with van der Waals surface area (Å²) in [4.78, 5) is 4.55. The van der Waals surface area contributed by atoms with Crippen molar-refractivity contribution in [2.24, 2.45) is 7.05 Å². The summed E-state index contributed by atoms with van der Waals surface area (Å²) in [5.41, 5.74) is 3.50. The van der Waals surface area contributed by atoms with Crippen LogP contribution in [0, 0.1) is 6.92 Å². The predicted molar refractivity (Wildman–Crippen MR) is 66.7 cm³/mol. The van der Waals surface area contributed by atoms with E-state index in [0.717, 1.165) is 11.3 Å². The van der Waals surface area contributed by atoms with Crippen LogP contribution in [0.15, 0.2) is 18.2 Å². The summed E-state index contributed by atoms with van der Waals surface area (Å²) >= 11 is 0. The molecular formula is C13H17N3. The van der Waals surface area contributed by atoms with E-state index in [1.807, 2.05) is 6.92 Å². The molecule has 84 valence electrons. The standard InChI is InChI=1S/C13H17N3/c1-9-14-12-8-11(15-10-4-3-5-10)6-7-13(12)16(9)2/h6-8,10,15H,3-5H2,1-2H3. The highest BCUT2D eigenvalue weighted by atomic mass is 15.1. The minimum atomic E-state index is 0.683. The fourth-order valence-corrected chi connectivity index (χ4v) is 2.20. The van der Waals surface area contributed by atoms with Crippen molar-refractivity contribution < 1.29 is 0 Å². The van der Waals surface area contributed by atoms with Crippen molar-refractivity contribution in [3.63, 3.8) is 0 Å². The van der Waals surface area contributed by atoms with Gasteiger partial charge in [0, 0.05) is 18.8 Å². The molecule has 16 heavy (non-hydrogen) atoms. The topological polar surface area (TPSA) is 29.9 Å². The van der Waals surface area contributed by atoms with Gasteiger partial charge in [-0.3, -0.25) is 0 Å². The zero-order valence-corrected chi connectivity index (χ0v) is 9.83. The molecule has 1 aromatic heterocycles. The molecule has 1 aromatic carbocycles. The van der Waals surface area contributed by atoms with E-state index in [1.54, 1.807) is 0 Å². The van der Waals surface area contributed by atoms with Crippen LogP contribution < -0.4 is 5.32 Å². The van der Waals surface area contributed by atoms with Crippen LogP contribution in [0.1, 0.15) is 25.1 Å². The molecule has 3 heteroatoms. The molecule has 0 spiro atoms. The summed E-state index contributed by atoms with van der Waals surface area (Å²) in [6, 6.07) is 7.14. The zero-order chi connectivity index (χ0) is 11.1. The number of nitrogens with zero attached hydrogens (tertiary/aromatic N) is 2. The highest BCUT2D eigenvalue weighted by Crippen LogP contribution is 2.25. The maximum absolute atomic E-state index is 4.55. The SMILES string of the molecule is Cc1nc2cc(NC3CCC3)ccc2n1C. The molecule has 1 heterocycles. The third-order valence-corrected chi connectivity index (χ3v) is 3.58. The van der Waals surface area contributed by atoms with Crippen LogP contribution in [-0.4, -0.2) is 15.6 Å². The summed E-state index contributed by atoms with van der Waals surface area (Å²) in [6.45, 7) is 2.04. The van der Waals surface area contributed by atoms with E-state index in [1.165, 1.54) is 30.5 Å². The summed E-state index contributed by atoms with van der Waals surface area (Å²) in [6.07, 6.45) is 3.97. The first-order valence-electron chi connectivity index (χ1n) is 5.93. The van der Waals surface area contributed by atoms with E-state index >= 15 is 0 Å². The third-order valence-electron chi connectivity index (χ3n) is 3.58. The van der Waals surface area contributed by atoms with Crippen molar-refractivity contribution in [3.05, 3.63) is 24.0 Å². The Labute approximate surface area is 95.5 Å². The van der Waals surface area contributed by atoms with E-state index in [2.05, 4.69) is 40.1 Å². The van der Waals surface area contributed by atoms with Crippen molar-refractivity contribution >= 4 is 16.7 Å². The summed E-state index contributed by atoms with van der Waals surface area (Å²) < 4.78 is 2.13. The monoisotopic (exact) mass is 215 g/mol. The number of aryl methyl sites for hydroxylation is 2. The van der Waals surface area contributed by atoms with Crippen LogP contribution in [0.5, 0.6) is 0 Å². The Balaban J connectivity index is 1.95. The molecule has 1 fully saturated rings. The van der Waals surface area contributed by atoms with Crippen molar-refractivity contribution in [1.29, 1.82) is 0 Å². The molecule has 0 saturated heterocycles. The van der Waals surface area contributed by atoms with Crippen LogP contribution in [0.25, 0.3) is 11.0 Å². The lowest BCUT2D eigenvalue weighted by Crippen LogP contribution is -2.26. The molecule has 0 aliphatic heterocycles. The number of aromatic nitrogens is 2. The molecule has 1 aliphatic rings. The summed E-state index contributed by atoms with van der Waals surface area (Å²) in [7, 11) is 2.06. The molecule has 3 nitrogen and oxygen atoms in total. The van der Waals surface area contributed by atoms with E-state index in [0.29, 0.717) is 6.04 Å². The van der Waals surface area contributed by atoms with Crippen molar-refractivity contribution in [2.45, 2.75) is 32.2 Å². The van der Waals surface area contributed by atoms with Crippen molar-refractivity contribution in [1.82, 2.24) is 9.55 Å². The first-order valence-corrected chi connectivity index (χ1v) is 5.93. The number of imidazole rings is 1. The second-order valence-corrected chi connectivity index (χ2v) is 4.69. The number of benzene rings is 1. The number of hydrogen-bond acceptors (Lipinski definition) is 2. The molecule has 1 aliphatic carbocycles. The fraction of sp³-hybridized carbons (Fsp3) is 0.462. The first-order chi connectivity index (χ1) is 7.74. The number of hydrogen-bond donors (Lipinski definition) is 1. The average Bonchev–Trinajstić information content (AvgIpc) is 2.49. The molecule has 1 saturated carbocycles. The molecule has 1 N–H and O–H groups in total. The number of fused-ring (bicyclic) bond motifs is 1. The van der Waals surface area contributed by atoms with E-state index in [9.17, 15) is 0 Å². The molecule has 0 radical (unpaired) electrons. The predicted octanol–water partition coefficient (Wildman–Crippen LogP) is 2.85. The third kappa shape index (κ3) is 1.47. The van der Waals surface area contributed by atoms with Gasteiger partial charge in [-0.1, -0.05) is 0 Å². The van der Waals surface area contributed by atoms with Gasteiger partial charge in [-0.05, 0) is 44.4 Å². The average molecular weight is 215 g/mol. The van der Waals surface area contributed by atoms with Crippen LogP contribution >= 0.6 is 0 Å². The van der Waals surface area contributed by atoms with Crippen LogP contribution in [0.4, 0.5) is 5.69 Å². The van der Waals surface area contributed by atoms with Crippen LogP contribution in [-0.2, 0) is 7.05 Å². The minimum Gasteiger partial charge on any atom is -0.382 e. The lowest BCUT2D eigenvalue weighted by Gasteiger charge is -2.27. The Morgan fingerprint density at radius 2 is 2.19 bits per heavy atom. The van der Waals surface area contributed by atoms with E-state index in [-0.39, 0.29) is 0 Å². The molecule has 2 aromatic rings. The lowest BCUT2D eigenvalue weighted by atomic mass is 9.93. The lowest BCUT2D eigenvalue weighted by molar-refractivity contribution is 0.445. The Kier molecular flexibility index (Phi) is 2.13. The highest BCUT2D eigenvalue weighted by Gasteiger charge is 2.17. The van der Waals surface area contributed by atoms with Gasteiger partial charge in [-0.15, -0.1) is 0 Å². The first kappa shape index (κ1) is 9.70. The van der Waals surface area contributed by atoms with Gasteiger partial charge in [0.15, 0.2) is 0 Å². The largest absolute Gasteiger partial charge is 0.382 e. The summed E-state index contributed by atoms with van der Waals surface area (Å²) in [5, 5.41) is 3.55. The molecule has 0 amide bonds. The second-order valence-electron chi connectivity index (χ2n) is 4.69. The number of rotatable bonds is 2. The van der Waals surface area contributed by atoms with Crippen molar-refractivity contribution in [2.75, 3.05) is 5.32 Å². The zero-order valence-electron chi connectivity index (χ0n) is 9.83. The van der Waals surface area contributed by atoms with Gasteiger partial charge in [0.2, 0.25) is 0 Å². The van der Waals surface area contributed by atoms with Gasteiger partial charge in [0.1, 0.15) is 5.82 Å². The van der Waals surface area contributed by atoms with E-state index < -0.39 is 0 Å².